The lowest BCUT2D eigenvalue weighted by atomic mass is 9.79. The minimum absolute atomic E-state index is 0.0863. The summed E-state index contributed by atoms with van der Waals surface area (Å²) in [4.78, 5) is 2.33. The minimum Gasteiger partial charge on any atom is -0.310 e. The van der Waals surface area contributed by atoms with Gasteiger partial charge >= 0.3 is 0 Å². The Morgan fingerprint density at radius 1 is 0.340 bits per heavy atom. The Bertz CT molecular complexity index is 1800. The highest BCUT2D eigenvalue weighted by Crippen LogP contribution is 2.36. The van der Waals surface area contributed by atoms with Gasteiger partial charge in [-0.15, -0.1) is 0 Å². The molecule has 47 heavy (non-hydrogen) atoms. The molecular formula is C46H51N. The molecule has 0 heterocycles. The van der Waals surface area contributed by atoms with Crippen LogP contribution in [0.3, 0.4) is 0 Å². The van der Waals surface area contributed by atoms with Crippen LogP contribution in [0.5, 0.6) is 0 Å². The summed E-state index contributed by atoms with van der Waals surface area (Å²) in [5.41, 5.74) is 12.6. The van der Waals surface area contributed by atoms with E-state index in [2.05, 4.69) is 213 Å². The first-order chi connectivity index (χ1) is 22.2. The Labute approximate surface area is 284 Å². The number of hydrogen-bond donors (Lipinski definition) is 0. The highest BCUT2D eigenvalue weighted by atomic mass is 15.1. The second-order valence-electron chi connectivity index (χ2n) is 15.7. The Morgan fingerprint density at radius 3 is 1.32 bits per heavy atom. The molecule has 0 aliphatic rings. The van der Waals surface area contributed by atoms with Gasteiger partial charge in [0.05, 0.1) is 0 Å². The summed E-state index contributed by atoms with van der Waals surface area (Å²) in [5, 5.41) is 0. The van der Waals surface area contributed by atoms with Crippen LogP contribution in [-0.2, 0) is 16.2 Å². The lowest BCUT2D eigenvalue weighted by molar-refractivity contribution is 0.568. The molecule has 0 aliphatic carbocycles. The fourth-order valence-electron chi connectivity index (χ4n) is 5.62. The zero-order chi connectivity index (χ0) is 33.8. The number of anilines is 3. The molecule has 5 aromatic carbocycles. The number of hydrogen-bond acceptors (Lipinski definition) is 1. The lowest BCUT2D eigenvalue weighted by Gasteiger charge is -2.26. The van der Waals surface area contributed by atoms with Crippen LogP contribution in [0.1, 0.15) is 101 Å². The molecule has 0 N–H and O–H groups in total. The van der Waals surface area contributed by atoms with Crippen LogP contribution in [0.2, 0.25) is 0 Å². The SMILES string of the molecule is CC(C)(C)c1ccc(/C=C/c2ccc(N(c3ccccc3)c3cccc(/C=C/c4cc(C(C)(C)C)cc(C(C)(C)C)c4)c3)cc2)cc1. The highest BCUT2D eigenvalue weighted by molar-refractivity contribution is 5.80. The van der Waals surface area contributed by atoms with Gasteiger partial charge in [0.1, 0.15) is 0 Å². The number of benzene rings is 5. The average molecular weight is 618 g/mol. The van der Waals surface area contributed by atoms with Crippen LogP contribution in [0.15, 0.2) is 121 Å². The topological polar surface area (TPSA) is 3.24 Å². The fraction of sp³-hybridized carbons (Fsp3) is 0.261. The summed E-state index contributed by atoms with van der Waals surface area (Å²) >= 11 is 0. The second kappa shape index (κ2) is 13.6. The van der Waals surface area contributed by atoms with E-state index in [1.807, 2.05) is 0 Å². The minimum atomic E-state index is 0.0863. The fourth-order valence-corrected chi connectivity index (χ4v) is 5.62. The first-order valence-electron chi connectivity index (χ1n) is 16.8. The summed E-state index contributed by atoms with van der Waals surface area (Å²) in [6.45, 7) is 20.5. The highest BCUT2D eigenvalue weighted by Gasteiger charge is 2.20. The van der Waals surface area contributed by atoms with Gasteiger partial charge in [-0.25, -0.2) is 0 Å². The van der Waals surface area contributed by atoms with E-state index in [9.17, 15) is 0 Å². The molecule has 0 aliphatic heterocycles. The standard InChI is InChI=1S/C46H51N/c1-44(2,3)38-26-22-34(23-27-38)18-19-35-24-28-42(29-25-35)47(41-15-11-10-12-16-41)43-17-13-14-36(32-43)20-21-37-30-39(45(4,5)6)33-40(31-37)46(7,8)9/h10-33H,1-9H3/b19-18+,21-20+. The van der Waals surface area contributed by atoms with E-state index in [4.69, 9.17) is 0 Å². The zero-order valence-corrected chi connectivity index (χ0v) is 29.8. The number of nitrogens with zero attached hydrogens (tertiary/aromatic N) is 1. The van der Waals surface area contributed by atoms with Crippen LogP contribution in [0, 0.1) is 0 Å². The van der Waals surface area contributed by atoms with Crippen LogP contribution < -0.4 is 4.90 Å². The summed E-state index contributed by atoms with van der Waals surface area (Å²) in [5.74, 6) is 0. The van der Waals surface area contributed by atoms with Crippen molar-refractivity contribution < 1.29 is 0 Å². The van der Waals surface area contributed by atoms with Gasteiger partial charge in [-0.3, -0.25) is 0 Å². The summed E-state index contributed by atoms with van der Waals surface area (Å²) in [6, 6.07) is 44.2. The van der Waals surface area contributed by atoms with Crippen molar-refractivity contribution in [3.05, 3.63) is 160 Å². The quantitative estimate of drug-likeness (QED) is 0.164. The Hall–Kier alpha value is -4.62. The number of rotatable bonds is 7. The third kappa shape index (κ3) is 8.80. The van der Waals surface area contributed by atoms with Gasteiger partial charge in [0.15, 0.2) is 0 Å². The molecule has 0 amide bonds. The molecule has 240 valence electrons. The Kier molecular flexibility index (Phi) is 9.78. The van der Waals surface area contributed by atoms with Gasteiger partial charge in [-0.1, -0.05) is 172 Å². The summed E-state index contributed by atoms with van der Waals surface area (Å²) < 4.78 is 0. The van der Waals surface area contributed by atoms with Crippen LogP contribution in [0.4, 0.5) is 17.1 Å². The van der Waals surface area contributed by atoms with Crippen LogP contribution >= 0.6 is 0 Å². The molecule has 5 rings (SSSR count). The monoisotopic (exact) mass is 617 g/mol. The van der Waals surface area contributed by atoms with E-state index in [1.165, 1.54) is 38.9 Å². The van der Waals surface area contributed by atoms with Crippen molar-refractivity contribution in [1.29, 1.82) is 0 Å². The Morgan fingerprint density at radius 2 is 0.787 bits per heavy atom. The van der Waals surface area contributed by atoms with Gasteiger partial charge in [-0.05, 0) is 91.6 Å². The maximum absolute atomic E-state index is 2.38. The third-order valence-corrected chi connectivity index (χ3v) is 8.69. The molecule has 0 aromatic heterocycles. The van der Waals surface area contributed by atoms with E-state index >= 15 is 0 Å². The summed E-state index contributed by atoms with van der Waals surface area (Å²) in [7, 11) is 0. The van der Waals surface area contributed by atoms with E-state index in [0.29, 0.717) is 0 Å². The Balaban J connectivity index is 1.43. The lowest BCUT2D eigenvalue weighted by Crippen LogP contribution is -2.16. The van der Waals surface area contributed by atoms with Crippen molar-refractivity contribution in [1.82, 2.24) is 0 Å². The van der Waals surface area contributed by atoms with Gasteiger partial charge in [0, 0.05) is 17.1 Å². The molecular weight excluding hydrogens is 567 g/mol. The van der Waals surface area contributed by atoms with Gasteiger partial charge in [0.2, 0.25) is 0 Å². The molecule has 5 aromatic rings. The first-order valence-corrected chi connectivity index (χ1v) is 16.8. The molecule has 1 nitrogen and oxygen atoms in total. The van der Waals surface area contributed by atoms with Crippen molar-refractivity contribution in [3.63, 3.8) is 0 Å². The molecule has 0 unspecified atom stereocenters. The largest absolute Gasteiger partial charge is 0.310 e. The maximum atomic E-state index is 2.38. The van der Waals surface area contributed by atoms with Crippen LogP contribution in [-0.4, -0.2) is 0 Å². The molecule has 0 spiro atoms. The van der Waals surface area contributed by atoms with E-state index < -0.39 is 0 Å². The molecule has 0 radical (unpaired) electrons. The predicted molar refractivity (Wildman–Crippen MR) is 208 cm³/mol. The van der Waals surface area contributed by atoms with Crippen molar-refractivity contribution in [3.8, 4) is 0 Å². The molecule has 0 atom stereocenters. The van der Waals surface area contributed by atoms with Crippen molar-refractivity contribution in [2.75, 3.05) is 4.90 Å². The third-order valence-electron chi connectivity index (χ3n) is 8.69. The van der Waals surface area contributed by atoms with E-state index in [-0.39, 0.29) is 16.2 Å². The maximum Gasteiger partial charge on any atom is 0.0467 e. The van der Waals surface area contributed by atoms with Crippen molar-refractivity contribution >= 4 is 41.4 Å². The molecule has 1 heteroatoms. The molecule has 0 saturated carbocycles. The molecule has 0 bridgehead atoms. The molecule has 0 fully saturated rings. The van der Waals surface area contributed by atoms with Gasteiger partial charge in [0.25, 0.3) is 0 Å². The van der Waals surface area contributed by atoms with Crippen molar-refractivity contribution in [2.45, 2.75) is 78.6 Å². The van der Waals surface area contributed by atoms with E-state index in [0.717, 1.165) is 17.1 Å². The zero-order valence-electron chi connectivity index (χ0n) is 29.8. The predicted octanol–water partition coefficient (Wildman–Crippen LogP) is 13.4. The van der Waals surface area contributed by atoms with Gasteiger partial charge in [-0.2, -0.15) is 0 Å². The molecule has 0 saturated heterocycles. The normalized spacial score (nSPS) is 12.6. The smallest absolute Gasteiger partial charge is 0.0467 e. The average Bonchev–Trinajstić information content (AvgIpc) is 3.03. The first kappa shape index (κ1) is 33.7. The van der Waals surface area contributed by atoms with Crippen molar-refractivity contribution in [2.24, 2.45) is 0 Å². The van der Waals surface area contributed by atoms with Gasteiger partial charge < -0.3 is 4.90 Å². The van der Waals surface area contributed by atoms with Crippen LogP contribution in [0.25, 0.3) is 24.3 Å². The second-order valence-corrected chi connectivity index (χ2v) is 15.7. The van der Waals surface area contributed by atoms with E-state index in [1.54, 1.807) is 0 Å². The summed E-state index contributed by atoms with van der Waals surface area (Å²) in [6.07, 6.45) is 8.87. The number of para-hydroxylation sites is 1.